The number of carbonyl (C=O) groups is 1. The van der Waals surface area contributed by atoms with Gasteiger partial charge in [0.05, 0.1) is 12.2 Å². The van der Waals surface area contributed by atoms with Gasteiger partial charge >= 0.3 is 0 Å². The van der Waals surface area contributed by atoms with E-state index >= 15 is 0 Å². The van der Waals surface area contributed by atoms with Crippen molar-refractivity contribution in [2.75, 3.05) is 32.1 Å². The molecule has 0 fully saturated rings. The van der Waals surface area contributed by atoms with Gasteiger partial charge in [-0.3, -0.25) is 4.79 Å². The average Bonchev–Trinajstić information content (AvgIpc) is 2.33. The fourth-order valence-corrected chi connectivity index (χ4v) is 1.88. The molecule has 0 atom stereocenters. The van der Waals surface area contributed by atoms with Gasteiger partial charge < -0.3 is 9.64 Å². The van der Waals surface area contributed by atoms with Gasteiger partial charge in [0.15, 0.2) is 0 Å². The molecule has 0 spiro atoms. The molecular weight excluding hydrogens is 308 g/mol. The second-order valence-corrected chi connectivity index (χ2v) is 4.39. The highest BCUT2D eigenvalue weighted by molar-refractivity contribution is 9.09. The summed E-state index contributed by atoms with van der Waals surface area (Å²) in [7, 11) is 1.52. The third kappa shape index (κ3) is 4.03. The van der Waals surface area contributed by atoms with Crippen molar-refractivity contribution in [1.29, 1.82) is 0 Å². The molecule has 0 unspecified atom stereocenters. The summed E-state index contributed by atoms with van der Waals surface area (Å²) in [5.74, 6) is -2.02. The van der Waals surface area contributed by atoms with Crippen LogP contribution in [-0.2, 0) is 4.74 Å². The molecule has 18 heavy (non-hydrogen) atoms. The van der Waals surface area contributed by atoms with Gasteiger partial charge in [-0.15, -0.1) is 0 Å². The highest BCUT2D eigenvalue weighted by Gasteiger charge is 2.18. The number of nitrogens with zero attached hydrogens (tertiary/aromatic N) is 1. The van der Waals surface area contributed by atoms with Gasteiger partial charge in [-0.25, -0.2) is 8.78 Å². The van der Waals surface area contributed by atoms with Crippen LogP contribution >= 0.6 is 15.9 Å². The molecule has 1 amide bonds. The first-order chi connectivity index (χ1) is 8.60. The topological polar surface area (TPSA) is 29.5 Å². The summed E-state index contributed by atoms with van der Waals surface area (Å²) in [6.45, 7) is 1.15. The maximum Gasteiger partial charge on any atom is 0.256 e. The minimum Gasteiger partial charge on any atom is -0.383 e. The molecule has 1 rings (SSSR count). The van der Waals surface area contributed by atoms with Crippen molar-refractivity contribution in [2.45, 2.75) is 0 Å². The standard InChI is InChI=1S/C12H14BrF2NO2/c1-18-7-6-16(5-4-13)12(17)10-3-2-9(14)8-11(10)15/h2-3,8H,4-7H2,1H3. The largest absolute Gasteiger partial charge is 0.383 e. The lowest BCUT2D eigenvalue weighted by Crippen LogP contribution is -2.35. The summed E-state index contributed by atoms with van der Waals surface area (Å²) in [5, 5.41) is 0.575. The molecule has 0 aliphatic rings. The molecule has 0 aliphatic carbocycles. The zero-order valence-corrected chi connectivity index (χ0v) is 11.5. The maximum absolute atomic E-state index is 13.5. The van der Waals surface area contributed by atoms with Gasteiger partial charge in [0.2, 0.25) is 0 Å². The van der Waals surface area contributed by atoms with Gasteiger partial charge in [-0.05, 0) is 12.1 Å². The zero-order valence-electron chi connectivity index (χ0n) is 9.96. The monoisotopic (exact) mass is 321 g/mol. The molecule has 100 valence electrons. The lowest BCUT2D eigenvalue weighted by atomic mass is 10.2. The number of carbonyl (C=O) groups excluding carboxylic acids is 1. The summed E-state index contributed by atoms with van der Waals surface area (Å²) in [6.07, 6.45) is 0. The van der Waals surface area contributed by atoms with E-state index in [1.165, 1.54) is 12.0 Å². The van der Waals surface area contributed by atoms with Crippen molar-refractivity contribution in [1.82, 2.24) is 4.90 Å². The van der Waals surface area contributed by atoms with Crippen LogP contribution in [0.3, 0.4) is 0 Å². The first-order valence-corrected chi connectivity index (χ1v) is 6.51. The van der Waals surface area contributed by atoms with Crippen molar-refractivity contribution >= 4 is 21.8 Å². The molecule has 1 aromatic rings. The smallest absolute Gasteiger partial charge is 0.256 e. The number of alkyl halides is 1. The predicted octanol–water partition coefficient (Wildman–Crippen LogP) is 2.45. The molecule has 0 aromatic heterocycles. The molecule has 0 saturated heterocycles. The number of hydrogen-bond acceptors (Lipinski definition) is 2. The number of hydrogen-bond donors (Lipinski definition) is 0. The summed E-state index contributed by atoms with van der Waals surface area (Å²) in [6, 6.07) is 2.93. The van der Waals surface area contributed by atoms with Crippen LogP contribution in [0.4, 0.5) is 8.78 Å². The Morgan fingerprint density at radius 3 is 2.67 bits per heavy atom. The van der Waals surface area contributed by atoms with E-state index in [9.17, 15) is 13.6 Å². The third-order valence-corrected chi connectivity index (χ3v) is 2.72. The normalized spacial score (nSPS) is 10.4. The predicted molar refractivity (Wildman–Crippen MR) is 67.9 cm³/mol. The van der Waals surface area contributed by atoms with E-state index in [2.05, 4.69) is 15.9 Å². The number of halogens is 3. The Labute approximate surface area is 113 Å². The number of amides is 1. The highest BCUT2D eigenvalue weighted by Crippen LogP contribution is 2.12. The minimum absolute atomic E-state index is 0.131. The number of methoxy groups -OCH3 is 1. The van der Waals surface area contributed by atoms with Crippen LogP contribution in [0.25, 0.3) is 0 Å². The minimum atomic E-state index is -0.850. The number of benzene rings is 1. The van der Waals surface area contributed by atoms with Crippen LogP contribution in [-0.4, -0.2) is 42.9 Å². The number of rotatable bonds is 6. The van der Waals surface area contributed by atoms with E-state index in [-0.39, 0.29) is 5.56 Å². The molecular formula is C12H14BrF2NO2. The Kier molecular flexibility index (Phi) is 6.21. The van der Waals surface area contributed by atoms with Crippen LogP contribution in [0.1, 0.15) is 10.4 Å². The second-order valence-electron chi connectivity index (χ2n) is 3.60. The first kappa shape index (κ1) is 15.0. The molecule has 0 radical (unpaired) electrons. The Morgan fingerprint density at radius 2 is 2.11 bits per heavy atom. The molecule has 1 aromatic carbocycles. The molecule has 6 heteroatoms. The lowest BCUT2D eigenvalue weighted by molar-refractivity contribution is 0.0704. The quantitative estimate of drug-likeness (QED) is 0.753. The Balaban J connectivity index is 2.87. The van der Waals surface area contributed by atoms with Gasteiger partial charge in [-0.2, -0.15) is 0 Å². The Morgan fingerprint density at radius 1 is 1.39 bits per heavy atom. The van der Waals surface area contributed by atoms with E-state index in [0.29, 0.717) is 31.1 Å². The average molecular weight is 322 g/mol. The van der Waals surface area contributed by atoms with Crippen molar-refractivity contribution in [3.8, 4) is 0 Å². The van der Waals surface area contributed by atoms with Gasteiger partial charge in [0, 0.05) is 31.6 Å². The fraction of sp³-hybridized carbons (Fsp3) is 0.417. The lowest BCUT2D eigenvalue weighted by Gasteiger charge is -2.21. The van der Waals surface area contributed by atoms with Crippen LogP contribution in [0, 0.1) is 11.6 Å². The molecule has 0 bridgehead atoms. The summed E-state index contributed by atoms with van der Waals surface area (Å²) in [4.78, 5) is 13.5. The molecule has 0 heterocycles. The van der Waals surface area contributed by atoms with Crippen molar-refractivity contribution in [3.63, 3.8) is 0 Å². The van der Waals surface area contributed by atoms with Crippen molar-refractivity contribution in [3.05, 3.63) is 35.4 Å². The van der Waals surface area contributed by atoms with Crippen LogP contribution < -0.4 is 0 Å². The van der Waals surface area contributed by atoms with E-state index < -0.39 is 17.5 Å². The second kappa shape index (κ2) is 7.43. The van der Waals surface area contributed by atoms with E-state index in [1.54, 1.807) is 0 Å². The van der Waals surface area contributed by atoms with Crippen molar-refractivity contribution in [2.24, 2.45) is 0 Å². The van der Waals surface area contributed by atoms with Crippen LogP contribution in [0.2, 0.25) is 0 Å². The third-order valence-electron chi connectivity index (χ3n) is 2.37. The first-order valence-electron chi connectivity index (χ1n) is 5.39. The SMILES string of the molecule is COCCN(CCBr)C(=O)c1ccc(F)cc1F. The van der Waals surface area contributed by atoms with Crippen LogP contribution in [0.15, 0.2) is 18.2 Å². The van der Waals surface area contributed by atoms with Gasteiger partial charge in [-0.1, -0.05) is 15.9 Å². The van der Waals surface area contributed by atoms with Crippen molar-refractivity contribution < 1.29 is 18.3 Å². The Bertz CT molecular complexity index is 415. The van der Waals surface area contributed by atoms with E-state index in [4.69, 9.17) is 4.74 Å². The summed E-state index contributed by atoms with van der Waals surface area (Å²) in [5.41, 5.74) is -0.131. The van der Waals surface area contributed by atoms with E-state index in [1.807, 2.05) is 0 Å². The van der Waals surface area contributed by atoms with Crippen LogP contribution in [0.5, 0.6) is 0 Å². The summed E-state index contributed by atoms with van der Waals surface area (Å²) >= 11 is 3.22. The molecule has 3 nitrogen and oxygen atoms in total. The summed E-state index contributed by atoms with van der Waals surface area (Å²) < 4.78 is 31.2. The highest BCUT2D eigenvalue weighted by atomic mass is 79.9. The number of ether oxygens (including phenoxy) is 1. The molecule has 0 saturated carbocycles. The Hall–Kier alpha value is -1.01. The fourth-order valence-electron chi connectivity index (χ4n) is 1.45. The molecule has 0 aliphatic heterocycles. The van der Waals surface area contributed by atoms with E-state index in [0.717, 1.165) is 12.1 Å². The molecule has 0 N–H and O–H groups in total. The maximum atomic E-state index is 13.5. The van der Waals surface area contributed by atoms with Gasteiger partial charge in [0.1, 0.15) is 11.6 Å². The zero-order chi connectivity index (χ0) is 13.5. The van der Waals surface area contributed by atoms with Gasteiger partial charge in [0.25, 0.3) is 5.91 Å².